The molecule has 0 aliphatic carbocycles. The zero-order chi connectivity index (χ0) is 13.6. The van der Waals surface area contributed by atoms with E-state index < -0.39 is 10.0 Å². The molecule has 0 radical (unpaired) electrons. The van der Waals surface area contributed by atoms with Crippen LogP contribution in [-0.4, -0.2) is 31.1 Å². The molecule has 0 aromatic carbocycles. The molecule has 0 bridgehead atoms. The molecule has 0 aliphatic heterocycles. The first-order valence-corrected chi connectivity index (χ1v) is 9.29. The standard InChI is InChI=1S/C11H19NO3S3/c1-3-16-5-4-9(2)12-18(14,15)11-6-10(7-13)17-8-11/h6,8-9,12-13H,3-5,7H2,1-2H3. The monoisotopic (exact) mass is 309 g/mol. The molecule has 1 unspecified atom stereocenters. The summed E-state index contributed by atoms with van der Waals surface area (Å²) < 4.78 is 26.7. The number of thiophene rings is 1. The van der Waals surface area contributed by atoms with Gasteiger partial charge in [-0.2, -0.15) is 11.8 Å². The number of rotatable bonds is 8. The van der Waals surface area contributed by atoms with Crippen molar-refractivity contribution < 1.29 is 13.5 Å². The molecule has 1 atom stereocenters. The molecule has 4 nitrogen and oxygen atoms in total. The van der Waals surface area contributed by atoms with Gasteiger partial charge in [0.05, 0.1) is 11.5 Å². The summed E-state index contributed by atoms with van der Waals surface area (Å²) >= 11 is 3.05. The molecule has 1 rings (SSSR count). The molecule has 7 heteroatoms. The Balaban J connectivity index is 2.58. The average Bonchev–Trinajstić information content (AvgIpc) is 2.78. The van der Waals surface area contributed by atoms with Gasteiger partial charge in [-0.25, -0.2) is 13.1 Å². The highest BCUT2D eigenvalue weighted by Crippen LogP contribution is 2.19. The van der Waals surface area contributed by atoms with Gasteiger partial charge in [-0.3, -0.25) is 0 Å². The number of hydrogen-bond acceptors (Lipinski definition) is 5. The van der Waals surface area contributed by atoms with Crippen LogP contribution in [0, 0.1) is 0 Å². The third-order valence-corrected chi connectivity index (χ3v) is 5.92. The summed E-state index contributed by atoms with van der Waals surface area (Å²) in [5, 5.41) is 10.5. The fraction of sp³-hybridized carbons (Fsp3) is 0.636. The van der Waals surface area contributed by atoms with Gasteiger partial charge in [0.15, 0.2) is 0 Å². The van der Waals surface area contributed by atoms with Crippen LogP contribution in [0.4, 0.5) is 0 Å². The highest BCUT2D eigenvalue weighted by Gasteiger charge is 2.18. The lowest BCUT2D eigenvalue weighted by molar-refractivity contribution is 0.285. The van der Waals surface area contributed by atoms with Gasteiger partial charge in [-0.05, 0) is 30.9 Å². The second kappa shape index (κ2) is 7.49. The molecule has 0 spiro atoms. The van der Waals surface area contributed by atoms with Crippen molar-refractivity contribution in [3.05, 3.63) is 16.3 Å². The maximum absolute atomic E-state index is 12.0. The molecule has 104 valence electrons. The van der Waals surface area contributed by atoms with Crippen LogP contribution >= 0.6 is 23.1 Å². The Kier molecular flexibility index (Phi) is 6.65. The van der Waals surface area contributed by atoms with E-state index in [1.807, 2.05) is 6.92 Å². The molecule has 1 heterocycles. The minimum Gasteiger partial charge on any atom is -0.391 e. The van der Waals surface area contributed by atoms with Crippen molar-refractivity contribution >= 4 is 33.1 Å². The van der Waals surface area contributed by atoms with Crippen molar-refractivity contribution in [2.24, 2.45) is 0 Å². The van der Waals surface area contributed by atoms with Crippen LogP contribution in [0.3, 0.4) is 0 Å². The van der Waals surface area contributed by atoms with E-state index in [4.69, 9.17) is 5.11 Å². The van der Waals surface area contributed by atoms with Crippen molar-refractivity contribution in [2.45, 2.75) is 37.8 Å². The Morgan fingerprint density at radius 2 is 2.28 bits per heavy atom. The van der Waals surface area contributed by atoms with E-state index in [9.17, 15) is 8.42 Å². The van der Waals surface area contributed by atoms with Crippen LogP contribution in [0.25, 0.3) is 0 Å². The fourth-order valence-corrected chi connectivity index (χ4v) is 4.60. The van der Waals surface area contributed by atoms with Gasteiger partial charge >= 0.3 is 0 Å². The van der Waals surface area contributed by atoms with E-state index in [1.54, 1.807) is 17.1 Å². The van der Waals surface area contributed by atoms with E-state index in [-0.39, 0.29) is 17.5 Å². The largest absolute Gasteiger partial charge is 0.391 e. The smallest absolute Gasteiger partial charge is 0.241 e. The number of hydrogen-bond donors (Lipinski definition) is 2. The third kappa shape index (κ3) is 4.89. The Labute approximate surface area is 117 Å². The molecule has 0 fully saturated rings. The van der Waals surface area contributed by atoms with Crippen molar-refractivity contribution in [3.63, 3.8) is 0 Å². The summed E-state index contributed by atoms with van der Waals surface area (Å²) in [6.45, 7) is 3.83. The number of thioether (sulfide) groups is 1. The van der Waals surface area contributed by atoms with E-state index in [0.717, 1.165) is 17.9 Å². The summed E-state index contributed by atoms with van der Waals surface area (Å²) in [5.74, 6) is 2.00. The highest BCUT2D eigenvalue weighted by molar-refractivity contribution is 7.99. The van der Waals surface area contributed by atoms with Crippen LogP contribution in [0.2, 0.25) is 0 Å². The van der Waals surface area contributed by atoms with Crippen LogP contribution in [0.1, 0.15) is 25.1 Å². The van der Waals surface area contributed by atoms with E-state index in [1.165, 1.54) is 17.4 Å². The van der Waals surface area contributed by atoms with Gasteiger partial charge < -0.3 is 5.11 Å². The molecule has 2 N–H and O–H groups in total. The van der Waals surface area contributed by atoms with Crippen LogP contribution in [0.15, 0.2) is 16.3 Å². The van der Waals surface area contributed by atoms with E-state index in [2.05, 4.69) is 11.6 Å². The summed E-state index contributed by atoms with van der Waals surface area (Å²) in [7, 11) is -3.45. The molecule has 1 aromatic rings. The minimum absolute atomic E-state index is 0.0773. The first-order chi connectivity index (χ1) is 8.49. The second-order valence-corrected chi connectivity index (χ2v) is 8.02. The molecule has 0 aliphatic rings. The summed E-state index contributed by atoms with van der Waals surface area (Å²) in [6.07, 6.45) is 0.814. The Hall–Kier alpha value is -0.0800. The van der Waals surface area contributed by atoms with E-state index >= 15 is 0 Å². The maximum Gasteiger partial charge on any atom is 0.241 e. The van der Waals surface area contributed by atoms with Gasteiger partial charge in [0.25, 0.3) is 0 Å². The number of aliphatic hydroxyl groups is 1. The fourth-order valence-electron chi connectivity index (χ4n) is 1.38. The lowest BCUT2D eigenvalue weighted by Gasteiger charge is -2.12. The predicted octanol–water partition coefficient (Wildman–Crippen LogP) is 2.05. The van der Waals surface area contributed by atoms with Gasteiger partial charge in [-0.1, -0.05) is 6.92 Å². The zero-order valence-corrected chi connectivity index (χ0v) is 13.0. The first-order valence-electron chi connectivity index (χ1n) is 5.78. The van der Waals surface area contributed by atoms with E-state index in [0.29, 0.717) is 4.88 Å². The van der Waals surface area contributed by atoms with Crippen molar-refractivity contribution in [3.8, 4) is 0 Å². The summed E-state index contributed by atoms with van der Waals surface area (Å²) in [6, 6.07) is 1.44. The van der Waals surface area contributed by atoms with Crippen molar-refractivity contribution in [2.75, 3.05) is 11.5 Å². The van der Waals surface area contributed by atoms with Gasteiger partial charge in [0.2, 0.25) is 10.0 Å². The van der Waals surface area contributed by atoms with Gasteiger partial charge in [-0.15, -0.1) is 11.3 Å². The Morgan fingerprint density at radius 3 is 2.83 bits per heavy atom. The lowest BCUT2D eigenvalue weighted by atomic mass is 10.3. The average molecular weight is 309 g/mol. The predicted molar refractivity (Wildman–Crippen MR) is 77.6 cm³/mol. The zero-order valence-electron chi connectivity index (χ0n) is 10.5. The topological polar surface area (TPSA) is 66.4 Å². The SMILES string of the molecule is CCSCCC(C)NS(=O)(=O)c1csc(CO)c1. The summed E-state index contributed by atoms with van der Waals surface area (Å²) in [4.78, 5) is 0.899. The number of sulfonamides is 1. The van der Waals surface area contributed by atoms with Crippen LogP contribution in [0.5, 0.6) is 0 Å². The molecule has 0 saturated heterocycles. The molecule has 1 aromatic heterocycles. The number of aliphatic hydroxyl groups excluding tert-OH is 1. The van der Waals surface area contributed by atoms with Gasteiger partial charge in [0.1, 0.15) is 0 Å². The van der Waals surface area contributed by atoms with Crippen LogP contribution < -0.4 is 4.72 Å². The maximum atomic E-state index is 12.0. The minimum atomic E-state index is -3.45. The Morgan fingerprint density at radius 1 is 1.56 bits per heavy atom. The Bertz CT molecular complexity index is 456. The third-order valence-electron chi connectivity index (χ3n) is 2.35. The van der Waals surface area contributed by atoms with Crippen LogP contribution in [-0.2, 0) is 16.6 Å². The molecule has 0 saturated carbocycles. The quantitative estimate of drug-likeness (QED) is 0.721. The number of nitrogens with one attached hydrogen (secondary N) is 1. The first kappa shape index (κ1) is 16.0. The highest BCUT2D eigenvalue weighted by atomic mass is 32.2. The van der Waals surface area contributed by atoms with Gasteiger partial charge in [0, 0.05) is 16.3 Å². The van der Waals surface area contributed by atoms with Crippen molar-refractivity contribution in [1.29, 1.82) is 0 Å². The molecular formula is C11H19NO3S3. The summed E-state index contributed by atoms with van der Waals surface area (Å²) in [5.41, 5.74) is 0. The normalized spacial score (nSPS) is 13.7. The molecule has 18 heavy (non-hydrogen) atoms. The molecular weight excluding hydrogens is 290 g/mol. The molecule has 0 amide bonds. The second-order valence-electron chi connectivity index (χ2n) is 3.91. The van der Waals surface area contributed by atoms with Crippen molar-refractivity contribution in [1.82, 2.24) is 4.72 Å². The lowest BCUT2D eigenvalue weighted by Crippen LogP contribution is -2.32.